The van der Waals surface area contributed by atoms with Crippen molar-refractivity contribution in [2.24, 2.45) is 0 Å². The lowest BCUT2D eigenvalue weighted by atomic mass is 10.0. The van der Waals surface area contributed by atoms with Crippen LogP contribution in [0.15, 0.2) is 60.9 Å². The molecule has 26 heavy (non-hydrogen) atoms. The molecule has 4 rings (SSSR count). The van der Waals surface area contributed by atoms with Gasteiger partial charge in [0.15, 0.2) is 0 Å². The molecular weight excluding hydrogens is 341 g/mol. The average Bonchev–Trinajstić information content (AvgIpc) is 3.03. The monoisotopic (exact) mass is 354 g/mol. The lowest BCUT2D eigenvalue weighted by Gasteiger charge is -2.08. The molecule has 0 fully saturated rings. The highest BCUT2D eigenvalue weighted by Crippen LogP contribution is 2.32. The summed E-state index contributed by atoms with van der Waals surface area (Å²) in [6, 6.07) is 12.6. The van der Waals surface area contributed by atoms with Crippen molar-refractivity contribution in [3.05, 3.63) is 77.9 Å². The Kier molecular flexibility index (Phi) is 3.91. The Morgan fingerprint density at radius 3 is 2.62 bits per heavy atom. The van der Waals surface area contributed by atoms with E-state index in [1.807, 2.05) is 18.2 Å². The van der Waals surface area contributed by atoms with Crippen molar-refractivity contribution in [1.82, 2.24) is 20.2 Å². The van der Waals surface area contributed by atoms with Crippen molar-refractivity contribution in [2.45, 2.75) is 12.6 Å². The van der Waals surface area contributed by atoms with E-state index in [2.05, 4.69) is 20.2 Å². The third-order valence-electron chi connectivity index (χ3n) is 4.05. The molecule has 1 aromatic carbocycles. The molecule has 0 saturated carbocycles. The third kappa shape index (κ3) is 3.28. The molecule has 0 amide bonds. The van der Waals surface area contributed by atoms with Crippen LogP contribution in [0.4, 0.5) is 13.2 Å². The van der Waals surface area contributed by atoms with Crippen LogP contribution in [0.1, 0.15) is 17.0 Å². The number of pyridine rings is 1. The van der Waals surface area contributed by atoms with E-state index in [0.29, 0.717) is 17.5 Å². The number of aromatic nitrogens is 4. The van der Waals surface area contributed by atoms with Crippen LogP contribution >= 0.6 is 0 Å². The summed E-state index contributed by atoms with van der Waals surface area (Å²) in [5.74, 6) is 0. The predicted octanol–water partition coefficient (Wildman–Crippen LogP) is 4.63. The Morgan fingerprint density at radius 1 is 0.962 bits per heavy atom. The lowest BCUT2D eigenvalue weighted by Crippen LogP contribution is -2.04. The fourth-order valence-corrected chi connectivity index (χ4v) is 2.82. The second-order valence-electron chi connectivity index (χ2n) is 5.92. The minimum Gasteiger partial charge on any atom is -0.357 e. The number of fused-ring (bicyclic) bond motifs is 1. The fraction of sp³-hybridized carbons (Fsp3) is 0.105. The quantitative estimate of drug-likeness (QED) is 0.584. The minimum atomic E-state index is -4.37. The van der Waals surface area contributed by atoms with Gasteiger partial charge in [-0.25, -0.2) is 0 Å². The van der Waals surface area contributed by atoms with Gasteiger partial charge in [0.05, 0.1) is 22.3 Å². The van der Waals surface area contributed by atoms with E-state index in [0.717, 1.165) is 34.6 Å². The maximum Gasteiger partial charge on any atom is 0.416 e. The maximum absolute atomic E-state index is 12.9. The second kappa shape index (κ2) is 6.25. The second-order valence-corrected chi connectivity index (χ2v) is 5.92. The first-order valence-electron chi connectivity index (χ1n) is 7.91. The van der Waals surface area contributed by atoms with Crippen LogP contribution in [0.2, 0.25) is 0 Å². The van der Waals surface area contributed by atoms with Gasteiger partial charge in [0.1, 0.15) is 0 Å². The number of hydrogen-bond donors (Lipinski definition) is 1. The first-order valence-corrected chi connectivity index (χ1v) is 7.91. The number of alkyl halides is 3. The molecule has 0 aliphatic heterocycles. The van der Waals surface area contributed by atoms with E-state index in [-0.39, 0.29) is 0 Å². The van der Waals surface area contributed by atoms with Gasteiger partial charge >= 0.3 is 6.18 Å². The zero-order valence-electron chi connectivity index (χ0n) is 13.5. The molecule has 0 radical (unpaired) electrons. The number of halogens is 3. The van der Waals surface area contributed by atoms with Gasteiger partial charge in [-0.15, -0.1) is 0 Å². The number of aromatic amines is 1. The highest BCUT2D eigenvalue weighted by Gasteiger charge is 2.30. The molecule has 3 aromatic heterocycles. The smallest absolute Gasteiger partial charge is 0.357 e. The van der Waals surface area contributed by atoms with Gasteiger partial charge in [-0.2, -0.15) is 23.4 Å². The summed E-state index contributed by atoms with van der Waals surface area (Å²) in [4.78, 5) is 7.61. The molecule has 0 saturated heterocycles. The SMILES string of the molecule is FC(F)(F)c1cccc(-c2cnc3cc(Cc4cccnn4)[nH]c3c2)c1. The van der Waals surface area contributed by atoms with Gasteiger partial charge in [0.25, 0.3) is 0 Å². The first-order chi connectivity index (χ1) is 12.5. The van der Waals surface area contributed by atoms with Crippen LogP contribution in [0, 0.1) is 0 Å². The Balaban J connectivity index is 1.68. The summed E-state index contributed by atoms with van der Waals surface area (Å²) in [6.07, 6.45) is -0.609. The highest BCUT2D eigenvalue weighted by atomic mass is 19.4. The van der Waals surface area contributed by atoms with E-state index in [4.69, 9.17) is 0 Å². The van der Waals surface area contributed by atoms with Crippen molar-refractivity contribution in [1.29, 1.82) is 0 Å². The molecule has 7 heteroatoms. The standard InChI is InChI=1S/C19H13F3N4/c20-19(21,22)14-4-1-3-12(7-14)13-8-18-17(23-11-13)10-16(25-18)9-15-5-2-6-24-26-15/h1-8,10-11,25H,9H2. The molecule has 1 N–H and O–H groups in total. The van der Waals surface area contributed by atoms with Crippen LogP contribution in [0.5, 0.6) is 0 Å². The fourth-order valence-electron chi connectivity index (χ4n) is 2.82. The van der Waals surface area contributed by atoms with E-state index >= 15 is 0 Å². The van der Waals surface area contributed by atoms with Gasteiger partial charge in [-0.1, -0.05) is 12.1 Å². The molecule has 3 heterocycles. The van der Waals surface area contributed by atoms with E-state index < -0.39 is 11.7 Å². The normalized spacial score (nSPS) is 11.8. The topological polar surface area (TPSA) is 54.5 Å². The van der Waals surface area contributed by atoms with E-state index in [1.54, 1.807) is 24.5 Å². The van der Waals surface area contributed by atoms with Crippen LogP contribution in [-0.4, -0.2) is 20.2 Å². The summed E-state index contributed by atoms with van der Waals surface area (Å²) in [6.45, 7) is 0. The van der Waals surface area contributed by atoms with Gasteiger partial charge < -0.3 is 4.98 Å². The molecule has 0 bridgehead atoms. The summed E-state index contributed by atoms with van der Waals surface area (Å²) < 4.78 is 38.7. The minimum absolute atomic E-state index is 0.472. The average molecular weight is 354 g/mol. The van der Waals surface area contributed by atoms with Crippen molar-refractivity contribution < 1.29 is 13.2 Å². The Morgan fingerprint density at radius 2 is 1.85 bits per heavy atom. The largest absolute Gasteiger partial charge is 0.416 e. The van der Waals surface area contributed by atoms with Gasteiger partial charge in [0, 0.05) is 30.1 Å². The summed E-state index contributed by atoms with van der Waals surface area (Å²) in [7, 11) is 0. The van der Waals surface area contributed by atoms with Crippen molar-refractivity contribution >= 4 is 11.0 Å². The lowest BCUT2D eigenvalue weighted by molar-refractivity contribution is -0.137. The van der Waals surface area contributed by atoms with Gasteiger partial charge in [0.2, 0.25) is 0 Å². The Bertz CT molecular complexity index is 1060. The molecule has 0 aliphatic carbocycles. The molecule has 0 unspecified atom stereocenters. The summed E-state index contributed by atoms with van der Waals surface area (Å²) >= 11 is 0. The Labute approximate surface area is 146 Å². The van der Waals surface area contributed by atoms with Crippen molar-refractivity contribution in [3.8, 4) is 11.1 Å². The molecule has 0 spiro atoms. The van der Waals surface area contributed by atoms with Crippen LogP contribution in [0.25, 0.3) is 22.2 Å². The van der Waals surface area contributed by atoms with Crippen molar-refractivity contribution in [3.63, 3.8) is 0 Å². The Hall–Kier alpha value is -3.22. The predicted molar refractivity (Wildman–Crippen MR) is 91.4 cm³/mol. The zero-order valence-corrected chi connectivity index (χ0v) is 13.5. The van der Waals surface area contributed by atoms with Crippen LogP contribution in [0.3, 0.4) is 0 Å². The number of nitrogens with zero attached hydrogens (tertiary/aromatic N) is 3. The number of hydrogen-bond acceptors (Lipinski definition) is 3. The number of nitrogens with one attached hydrogen (secondary N) is 1. The van der Waals surface area contributed by atoms with Gasteiger partial charge in [-0.3, -0.25) is 4.98 Å². The number of benzene rings is 1. The molecule has 130 valence electrons. The molecule has 4 nitrogen and oxygen atoms in total. The van der Waals surface area contributed by atoms with Gasteiger partial charge in [-0.05, 0) is 42.0 Å². The maximum atomic E-state index is 12.9. The number of rotatable bonds is 3. The molecular formula is C19H13F3N4. The molecule has 4 aromatic rings. The van der Waals surface area contributed by atoms with Crippen LogP contribution in [-0.2, 0) is 12.6 Å². The first kappa shape index (κ1) is 16.3. The van der Waals surface area contributed by atoms with Crippen LogP contribution < -0.4 is 0 Å². The summed E-state index contributed by atoms with van der Waals surface area (Å²) in [5, 5.41) is 7.89. The summed E-state index contributed by atoms with van der Waals surface area (Å²) in [5.41, 5.74) is 3.66. The highest BCUT2D eigenvalue weighted by molar-refractivity contribution is 5.81. The van der Waals surface area contributed by atoms with E-state index in [9.17, 15) is 13.2 Å². The van der Waals surface area contributed by atoms with Crippen molar-refractivity contribution in [2.75, 3.05) is 0 Å². The molecule has 0 aliphatic rings. The number of H-pyrrole nitrogens is 1. The third-order valence-corrected chi connectivity index (χ3v) is 4.05. The molecule has 0 atom stereocenters. The zero-order chi connectivity index (χ0) is 18.1. The van der Waals surface area contributed by atoms with E-state index in [1.165, 1.54) is 6.07 Å².